The molecular formula is C20H26FIN4O. The summed E-state index contributed by atoms with van der Waals surface area (Å²) in [6.07, 6.45) is 1.35. The van der Waals surface area contributed by atoms with Gasteiger partial charge in [0.15, 0.2) is 5.96 Å². The Morgan fingerprint density at radius 3 is 2.26 bits per heavy atom. The van der Waals surface area contributed by atoms with Crippen LogP contribution in [0.5, 0.6) is 0 Å². The number of amides is 1. The van der Waals surface area contributed by atoms with Crippen LogP contribution in [0.3, 0.4) is 0 Å². The van der Waals surface area contributed by atoms with Crippen molar-refractivity contribution < 1.29 is 9.18 Å². The van der Waals surface area contributed by atoms with Crippen LogP contribution in [0, 0.1) is 5.82 Å². The van der Waals surface area contributed by atoms with E-state index in [2.05, 4.69) is 20.9 Å². The molecule has 0 aliphatic heterocycles. The topological polar surface area (TPSA) is 65.5 Å². The second-order valence-corrected chi connectivity index (χ2v) is 5.74. The lowest BCUT2D eigenvalue weighted by Crippen LogP contribution is -2.39. The van der Waals surface area contributed by atoms with Crippen molar-refractivity contribution in [3.05, 3.63) is 71.5 Å². The van der Waals surface area contributed by atoms with Gasteiger partial charge in [0, 0.05) is 32.2 Å². The minimum atomic E-state index is -0.189. The van der Waals surface area contributed by atoms with Gasteiger partial charge in [0.25, 0.3) is 5.91 Å². The molecule has 0 aliphatic rings. The molecule has 0 spiro atoms. The number of guanidine groups is 1. The number of carbonyl (C=O) groups excluding carboxylic acids is 1. The fourth-order valence-corrected chi connectivity index (χ4v) is 2.43. The molecule has 2 aromatic carbocycles. The van der Waals surface area contributed by atoms with Gasteiger partial charge < -0.3 is 16.0 Å². The van der Waals surface area contributed by atoms with Crippen molar-refractivity contribution in [3.8, 4) is 0 Å². The van der Waals surface area contributed by atoms with E-state index in [-0.39, 0.29) is 35.7 Å². The largest absolute Gasteiger partial charge is 0.356 e. The third-order valence-electron chi connectivity index (χ3n) is 3.84. The van der Waals surface area contributed by atoms with E-state index in [9.17, 15) is 9.18 Å². The second-order valence-electron chi connectivity index (χ2n) is 5.74. The molecule has 3 N–H and O–H groups in total. The van der Waals surface area contributed by atoms with Crippen LogP contribution >= 0.6 is 24.0 Å². The van der Waals surface area contributed by atoms with Gasteiger partial charge in [0.1, 0.15) is 5.82 Å². The van der Waals surface area contributed by atoms with Crippen molar-refractivity contribution in [2.45, 2.75) is 12.8 Å². The van der Waals surface area contributed by atoms with E-state index in [1.807, 2.05) is 24.3 Å². The molecule has 0 aromatic heterocycles. The summed E-state index contributed by atoms with van der Waals surface area (Å²) >= 11 is 0. The van der Waals surface area contributed by atoms with E-state index in [1.165, 1.54) is 6.07 Å². The molecule has 7 heteroatoms. The third-order valence-corrected chi connectivity index (χ3v) is 3.84. The van der Waals surface area contributed by atoms with Crippen molar-refractivity contribution in [1.82, 2.24) is 16.0 Å². The lowest BCUT2D eigenvalue weighted by molar-refractivity contribution is 0.0953. The maximum absolute atomic E-state index is 13.6. The molecule has 5 nitrogen and oxygen atoms in total. The Labute approximate surface area is 176 Å². The van der Waals surface area contributed by atoms with Crippen LogP contribution in [-0.4, -0.2) is 38.5 Å². The predicted octanol–water partition coefficient (Wildman–Crippen LogP) is 2.97. The Kier molecular flexibility index (Phi) is 11.1. The van der Waals surface area contributed by atoms with Crippen molar-refractivity contribution in [2.24, 2.45) is 4.99 Å². The molecule has 0 saturated heterocycles. The number of halogens is 2. The Hall–Kier alpha value is -2.16. The SMILES string of the molecule is CN=C(NCCCNC(=O)c1ccccc1)NCCc1ccccc1F.I. The number of carbonyl (C=O) groups is 1. The zero-order valence-corrected chi connectivity index (χ0v) is 17.7. The average molecular weight is 484 g/mol. The highest BCUT2D eigenvalue weighted by Gasteiger charge is 2.04. The van der Waals surface area contributed by atoms with Crippen LogP contribution in [0.15, 0.2) is 59.6 Å². The van der Waals surface area contributed by atoms with Gasteiger partial charge in [-0.1, -0.05) is 36.4 Å². The van der Waals surface area contributed by atoms with Crippen LogP contribution in [0.4, 0.5) is 4.39 Å². The second kappa shape index (κ2) is 13.1. The molecule has 0 fully saturated rings. The molecule has 0 bridgehead atoms. The van der Waals surface area contributed by atoms with Gasteiger partial charge in [-0.15, -0.1) is 24.0 Å². The zero-order chi connectivity index (χ0) is 18.6. The summed E-state index contributed by atoms with van der Waals surface area (Å²) in [5.74, 6) is 0.403. The van der Waals surface area contributed by atoms with Gasteiger partial charge in [0.05, 0.1) is 0 Å². The first kappa shape index (κ1) is 22.9. The summed E-state index contributed by atoms with van der Waals surface area (Å²) < 4.78 is 13.6. The summed E-state index contributed by atoms with van der Waals surface area (Å²) in [7, 11) is 1.69. The molecule has 2 aromatic rings. The van der Waals surface area contributed by atoms with Crippen LogP contribution in [0.1, 0.15) is 22.3 Å². The van der Waals surface area contributed by atoms with E-state index in [1.54, 1.807) is 31.3 Å². The van der Waals surface area contributed by atoms with Gasteiger partial charge in [-0.3, -0.25) is 9.79 Å². The standard InChI is InChI=1S/C20H25FN4O.HI/c1-22-20(25-15-12-16-8-5-6-11-18(16)21)24-14-7-13-23-19(26)17-9-3-2-4-10-17;/h2-6,8-11H,7,12-15H2,1H3,(H,23,26)(H2,22,24,25);1H. The Morgan fingerprint density at radius 1 is 0.926 bits per heavy atom. The van der Waals surface area contributed by atoms with Gasteiger partial charge in [-0.2, -0.15) is 0 Å². The number of nitrogens with one attached hydrogen (secondary N) is 3. The first-order valence-electron chi connectivity index (χ1n) is 8.72. The fourth-order valence-electron chi connectivity index (χ4n) is 2.43. The first-order chi connectivity index (χ1) is 12.7. The number of hydrogen-bond acceptors (Lipinski definition) is 2. The van der Waals surface area contributed by atoms with E-state index in [0.29, 0.717) is 43.1 Å². The fraction of sp³-hybridized carbons (Fsp3) is 0.300. The van der Waals surface area contributed by atoms with E-state index in [4.69, 9.17) is 0 Å². The van der Waals surface area contributed by atoms with E-state index in [0.717, 1.165) is 6.42 Å². The van der Waals surface area contributed by atoms with Crippen LogP contribution in [0.2, 0.25) is 0 Å². The van der Waals surface area contributed by atoms with Crippen LogP contribution in [-0.2, 0) is 6.42 Å². The van der Waals surface area contributed by atoms with Gasteiger partial charge in [-0.05, 0) is 36.6 Å². The number of nitrogens with zero attached hydrogens (tertiary/aromatic N) is 1. The summed E-state index contributed by atoms with van der Waals surface area (Å²) in [4.78, 5) is 16.0. The van der Waals surface area contributed by atoms with Gasteiger partial charge in [-0.25, -0.2) is 4.39 Å². The first-order valence-corrected chi connectivity index (χ1v) is 8.72. The van der Waals surface area contributed by atoms with E-state index < -0.39 is 0 Å². The number of hydrogen-bond donors (Lipinski definition) is 3. The Morgan fingerprint density at radius 2 is 1.56 bits per heavy atom. The molecule has 1 amide bonds. The molecular weight excluding hydrogens is 458 g/mol. The number of aliphatic imine (C=N–C) groups is 1. The molecule has 146 valence electrons. The molecule has 0 saturated carbocycles. The Bertz CT molecular complexity index is 725. The molecule has 27 heavy (non-hydrogen) atoms. The molecule has 2 rings (SSSR count). The maximum atomic E-state index is 13.6. The highest BCUT2D eigenvalue weighted by molar-refractivity contribution is 14.0. The van der Waals surface area contributed by atoms with E-state index >= 15 is 0 Å². The summed E-state index contributed by atoms with van der Waals surface area (Å²) in [6, 6.07) is 15.9. The molecule has 0 radical (unpaired) electrons. The molecule has 0 atom stereocenters. The lowest BCUT2D eigenvalue weighted by Gasteiger charge is -2.12. The minimum absolute atomic E-state index is 0. The minimum Gasteiger partial charge on any atom is -0.356 e. The van der Waals surface area contributed by atoms with Crippen molar-refractivity contribution in [3.63, 3.8) is 0 Å². The lowest BCUT2D eigenvalue weighted by atomic mass is 10.1. The molecule has 0 unspecified atom stereocenters. The van der Waals surface area contributed by atoms with Crippen LogP contribution in [0.25, 0.3) is 0 Å². The maximum Gasteiger partial charge on any atom is 0.251 e. The molecule has 0 heterocycles. The average Bonchev–Trinajstić information content (AvgIpc) is 2.68. The quantitative estimate of drug-likeness (QED) is 0.234. The predicted molar refractivity (Wildman–Crippen MR) is 118 cm³/mol. The van der Waals surface area contributed by atoms with Gasteiger partial charge in [0.2, 0.25) is 0 Å². The number of rotatable bonds is 8. The summed E-state index contributed by atoms with van der Waals surface area (Å²) in [5, 5.41) is 9.21. The van der Waals surface area contributed by atoms with Crippen molar-refractivity contribution >= 4 is 35.8 Å². The van der Waals surface area contributed by atoms with Crippen LogP contribution < -0.4 is 16.0 Å². The van der Waals surface area contributed by atoms with Crippen molar-refractivity contribution in [1.29, 1.82) is 0 Å². The smallest absolute Gasteiger partial charge is 0.251 e. The highest BCUT2D eigenvalue weighted by Crippen LogP contribution is 2.06. The monoisotopic (exact) mass is 484 g/mol. The van der Waals surface area contributed by atoms with Crippen molar-refractivity contribution in [2.75, 3.05) is 26.7 Å². The zero-order valence-electron chi connectivity index (χ0n) is 15.4. The highest BCUT2D eigenvalue weighted by atomic mass is 127. The number of benzene rings is 2. The Balaban J connectivity index is 0.00000364. The normalized spacial score (nSPS) is 10.7. The summed E-state index contributed by atoms with van der Waals surface area (Å²) in [6.45, 7) is 1.84. The summed E-state index contributed by atoms with van der Waals surface area (Å²) in [5.41, 5.74) is 1.34. The van der Waals surface area contributed by atoms with Gasteiger partial charge >= 0.3 is 0 Å². The third kappa shape index (κ3) is 8.38. The molecule has 0 aliphatic carbocycles.